The molecule has 2 heterocycles. The summed E-state index contributed by atoms with van der Waals surface area (Å²) in [6, 6.07) is 7.33. The Morgan fingerprint density at radius 2 is 2.12 bits per heavy atom. The van der Waals surface area contributed by atoms with Gasteiger partial charge in [0.05, 0.1) is 23.3 Å². The molecule has 0 saturated carbocycles. The van der Waals surface area contributed by atoms with E-state index in [1.807, 2.05) is 45.9 Å². The number of fused-ring (bicyclic) bond motifs is 1. The molecule has 0 bridgehead atoms. The molecule has 0 aliphatic rings. The predicted octanol–water partition coefficient (Wildman–Crippen LogP) is 4.31. The molecular formula is C19H21N3O3. The van der Waals surface area contributed by atoms with Gasteiger partial charge in [-0.25, -0.2) is 4.98 Å². The van der Waals surface area contributed by atoms with Crippen molar-refractivity contribution in [2.75, 3.05) is 11.9 Å². The number of ether oxygens (including phenoxy) is 1. The zero-order chi connectivity index (χ0) is 18.0. The van der Waals surface area contributed by atoms with E-state index in [1.54, 1.807) is 6.07 Å². The van der Waals surface area contributed by atoms with Gasteiger partial charge in [-0.2, -0.15) is 0 Å². The topological polar surface area (TPSA) is 77.2 Å². The molecule has 130 valence electrons. The maximum atomic E-state index is 12.5. The first kappa shape index (κ1) is 17.0. The molecule has 25 heavy (non-hydrogen) atoms. The molecule has 1 N–H and O–H groups in total. The normalized spacial score (nSPS) is 11.1. The first-order valence-corrected chi connectivity index (χ1v) is 8.29. The molecular weight excluding hydrogens is 318 g/mol. The minimum absolute atomic E-state index is 0.190. The van der Waals surface area contributed by atoms with Crippen LogP contribution in [0.15, 0.2) is 35.0 Å². The first-order valence-electron chi connectivity index (χ1n) is 8.29. The highest BCUT2D eigenvalue weighted by molar-refractivity contribution is 6.05. The highest BCUT2D eigenvalue weighted by Gasteiger charge is 2.16. The number of amides is 1. The highest BCUT2D eigenvalue weighted by Crippen LogP contribution is 2.25. The number of pyridine rings is 1. The Kier molecular flexibility index (Phi) is 4.70. The Morgan fingerprint density at radius 1 is 1.32 bits per heavy atom. The molecule has 6 nitrogen and oxygen atoms in total. The summed E-state index contributed by atoms with van der Waals surface area (Å²) in [5.74, 6) is 0.776. The third-order valence-corrected chi connectivity index (χ3v) is 3.90. The fraction of sp³-hybridized carbons (Fsp3) is 0.316. The summed E-state index contributed by atoms with van der Waals surface area (Å²) in [4.78, 5) is 16.7. The molecule has 3 aromatic rings. The number of hydrogen-bond donors (Lipinski definition) is 1. The number of carbonyl (C=O) groups excluding carboxylic acids is 1. The minimum Gasteiger partial charge on any atom is -0.494 e. The number of rotatable bonds is 5. The molecule has 1 amide bonds. The number of aryl methyl sites for hydroxylation is 1. The van der Waals surface area contributed by atoms with E-state index < -0.39 is 0 Å². The van der Waals surface area contributed by atoms with Crippen molar-refractivity contribution in [1.29, 1.82) is 0 Å². The SMILES string of the molecule is CCOc1ccc(NC(=O)c2cnc3onc(C(C)C)c3c2)cc1C. The van der Waals surface area contributed by atoms with Gasteiger partial charge in [0, 0.05) is 11.9 Å². The van der Waals surface area contributed by atoms with E-state index in [1.165, 1.54) is 6.20 Å². The average Bonchev–Trinajstić information content (AvgIpc) is 3.00. The van der Waals surface area contributed by atoms with Crippen LogP contribution in [0.3, 0.4) is 0 Å². The number of aromatic nitrogens is 2. The van der Waals surface area contributed by atoms with Crippen LogP contribution in [-0.2, 0) is 0 Å². The molecule has 0 aliphatic heterocycles. The number of carbonyl (C=O) groups is 1. The molecule has 0 unspecified atom stereocenters. The van der Waals surface area contributed by atoms with Gasteiger partial charge in [-0.05, 0) is 49.6 Å². The number of benzene rings is 1. The van der Waals surface area contributed by atoms with E-state index in [-0.39, 0.29) is 11.8 Å². The van der Waals surface area contributed by atoms with Crippen molar-refractivity contribution in [2.45, 2.75) is 33.6 Å². The third-order valence-electron chi connectivity index (χ3n) is 3.90. The van der Waals surface area contributed by atoms with Crippen molar-refractivity contribution in [3.05, 3.63) is 47.3 Å². The maximum Gasteiger partial charge on any atom is 0.257 e. The second-order valence-corrected chi connectivity index (χ2v) is 6.17. The zero-order valence-corrected chi connectivity index (χ0v) is 14.8. The maximum absolute atomic E-state index is 12.5. The molecule has 0 saturated heterocycles. The molecule has 1 aromatic carbocycles. The Bertz CT molecular complexity index is 915. The smallest absolute Gasteiger partial charge is 0.257 e. The number of nitrogens with one attached hydrogen (secondary N) is 1. The van der Waals surface area contributed by atoms with E-state index in [2.05, 4.69) is 15.5 Å². The summed E-state index contributed by atoms with van der Waals surface area (Å²) < 4.78 is 10.7. The van der Waals surface area contributed by atoms with Crippen molar-refractivity contribution in [3.63, 3.8) is 0 Å². The van der Waals surface area contributed by atoms with E-state index >= 15 is 0 Å². The first-order chi connectivity index (χ1) is 12.0. The summed E-state index contributed by atoms with van der Waals surface area (Å²) in [6.45, 7) is 8.53. The molecule has 3 rings (SSSR count). The van der Waals surface area contributed by atoms with Crippen LogP contribution in [0.4, 0.5) is 5.69 Å². The summed E-state index contributed by atoms with van der Waals surface area (Å²) in [5, 5.41) is 7.69. The lowest BCUT2D eigenvalue weighted by molar-refractivity contribution is 0.102. The summed E-state index contributed by atoms with van der Waals surface area (Å²) in [5.41, 5.74) is 3.38. The lowest BCUT2D eigenvalue weighted by Gasteiger charge is -2.10. The van der Waals surface area contributed by atoms with Crippen molar-refractivity contribution in [2.24, 2.45) is 0 Å². The second kappa shape index (κ2) is 6.93. The molecule has 0 aliphatic carbocycles. The lowest BCUT2D eigenvalue weighted by Crippen LogP contribution is -2.12. The minimum atomic E-state index is -0.228. The molecule has 0 atom stereocenters. The van der Waals surface area contributed by atoms with Gasteiger partial charge in [0.1, 0.15) is 5.75 Å². The quantitative estimate of drug-likeness (QED) is 0.749. The van der Waals surface area contributed by atoms with E-state index in [0.717, 1.165) is 22.4 Å². The number of hydrogen-bond acceptors (Lipinski definition) is 5. The molecule has 0 radical (unpaired) electrons. The van der Waals surface area contributed by atoms with Gasteiger partial charge in [-0.3, -0.25) is 4.79 Å². The average molecular weight is 339 g/mol. The molecule has 6 heteroatoms. The fourth-order valence-electron chi connectivity index (χ4n) is 2.64. The van der Waals surface area contributed by atoms with Crippen LogP contribution in [0, 0.1) is 6.92 Å². The van der Waals surface area contributed by atoms with Crippen molar-refractivity contribution in [3.8, 4) is 5.75 Å². The van der Waals surface area contributed by atoms with Crippen molar-refractivity contribution < 1.29 is 14.1 Å². The largest absolute Gasteiger partial charge is 0.494 e. The van der Waals surface area contributed by atoms with Crippen molar-refractivity contribution >= 4 is 22.7 Å². The Hall–Kier alpha value is -2.89. The van der Waals surface area contributed by atoms with Crippen LogP contribution < -0.4 is 10.1 Å². The molecule has 0 fully saturated rings. The number of nitrogens with zero attached hydrogens (tertiary/aromatic N) is 2. The molecule has 2 aromatic heterocycles. The Balaban J connectivity index is 1.84. The van der Waals surface area contributed by atoms with Gasteiger partial charge in [0.15, 0.2) is 0 Å². The monoisotopic (exact) mass is 339 g/mol. The van der Waals surface area contributed by atoms with Crippen LogP contribution in [0.1, 0.15) is 48.3 Å². The summed E-state index contributed by atoms with van der Waals surface area (Å²) >= 11 is 0. The summed E-state index contributed by atoms with van der Waals surface area (Å²) in [6.07, 6.45) is 1.49. The molecule has 0 spiro atoms. The van der Waals surface area contributed by atoms with E-state index in [0.29, 0.717) is 23.6 Å². The Morgan fingerprint density at radius 3 is 2.80 bits per heavy atom. The van der Waals surface area contributed by atoms with Gasteiger partial charge >= 0.3 is 0 Å². The predicted molar refractivity (Wildman–Crippen MR) is 96.2 cm³/mol. The van der Waals surface area contributed by atoms with Gasteiger partial charge in [0.2, 0.25) is 0 Å². The van der Waals surface area contributed by atoms with E-state index in [9.17, 15) is 4.79 Å². The van der Waals surface area contributed by atoms with Gasteiger partial charge < -0.3 is 14.6 Å². The standard InChI is InChI=1S/C19H21N3O3/c1-5-24-16-7-6-14(8-12(16)4)21-18(23)13-9-15-17(11(2)3)22-25-19(15)20-10-13/h6-11H,5H2,1-4H3,(H,21,23). The number of anilines is 1. The van der Waals surface area contributed by atoms with Crippen molar-refractivity contribution in [1.82, 2.24) is 10.1 Å². The third kappa shape index (κ3) is 3.47. The van der Waals surface area contributed by atoms with Crippen LogP contribution in [0.5, 0.6) is 5.75 Å². The van der Waals surface area contributed by atoms with E-state index in [4.69, 9.17) is 9.26 Å². The Labute approximate surface area is 146 Å². The summed E-state index contributed by atoms with van der Waals surface area (Å²) in [7, 11) is 0. The van der Waals surface area contributed by atoms with Gasteiger partial charge in [-0.15, -0.1) is 0 Å². The van der Waals surface area contributed by atoms with Crippen LogP contribution in [0.25, 0.3) is 11.1 Å². The van der Waals surface area contributed by atoms with Gasteiger partial charge in [-0.1, -0.05) is 19.0 Å². The zero-order valence-electron chi connectivity index (χ0n) is 14.8. The van der Waals surface area contributed by atoms with Gasteiger partial charge in [0.25, 0.3) is 11.6 Å². The van der Waals surface area contributed by atoms with Crippen LogP contribution in [-0.4, -0.2) is 22.7 Å². The van der Waals surface area contributed by atoms with Crippen LogP contribution in [0.2, 0.25) is 0 Å². The second-order valence-electron chi connectivity index (χ2n) is 6.17. The van der Waals surface area contributed by atoms with Crippen LogP contribution >= 0.6 is 0 Å². The highest BCUT2D eigenvalue weighted by atomic mass is 16.5. The lowest BCUT2D eigenvalue weighted by atomic mass is 10.1. The fourth-order valence-corrected chi connectivity index (χ4v) is 2.64.